The van der Waals surface area contributed by atoms with Gasteiger partial charge in [0.1, 0.15) is 0 Å². The van der Waals surface area contributed by atoms with Gasteiger partial charge in [-0.05, 0) is 29.3 Å². The summed E-state index contributed by atoms with van der Waals surface area (Å²) < 4.78 is 0. The summed E-state index contributed by atoms with van der Waals surface area (Å²) >= 11 is 0. The van der Waals surface area contributed by atoms with Crippen LogP contribution >= 0.6 is 0 Å². The second-order valence-electron chi connectivity index (χ2n) is 5.58. The molecule has 1 radical (unpaired) electrons. The Hall–Kier alpha value is -3.07. The number of benzene rings is 3. The summed E-state index contributed by atoms with van der Waals surface area (Å²) in [6.07, 6.45) is 0. The fourth-order valence-electron chi connectivity index (χ4n) is 2.84. The highest BCUT2D eigenvalue weighted by molar-refractivity contribution is 5.90. The third-order valence-corrected chi connectivity index (χ3v) is 4.05. The van der Waals surface area contributed by atoms with Crippen LogP contribution in [0.1, 0.15) is 17.0 Å². The Morgan fingerprint density at radius 1 is 0.875 bits per heavy atom. The predicted molar refractivity (Wildman–Crippen MR) is 96.9 cm³/mol. The Labute approximate surface area is 142 Å². The summed E-state index contributed by atoms with van der Waals surface area (Å²) in [5, 5.41) is 0. The van der Waals surface area contributed by atoms with Gasteiger partial charge in [-0.15, -0.1) is 0 Å². The molecule has 0 spiro atoms. The lowest BCUT2D eigenvalue weighted by Crippen LogP contribution is -2.39. The highest BCUT2D eigenvalue weighted by Gasteiger charge is 2.21. The molecule has 3 aromatic rings. The largest absolute Gasteiger partial charge is 0.351 e. The highest BCUT2D eigenvalue weighted by Crippen LogP contribution is 2.27. The van der Waals surface area contributed by atoms with Gasteiger partial charge in [-0.25, -0.2) is 4.79 Å². The van der Waals surface area contributed by atoms with E-state index < -0.39 is 6.03 Å². The van der Waals surface area contributed by atoms with Crippen LogP contribution in [0.25, 0.3) is 0 Å². The molecule has 119 valence electrons. The second-order valence-corrected chi connectivity index (χ2v) is 5.58. The first kappa shape index (κ1) is 15.8. The smallest absolute Gasteiger partial charge is 0.319 e. The van der Waals surface area contributed by atoms with E-state index in [4.69, 9.17) is 5.73 Å². The molecule has 0 fully saturated rings. The lowest BCUT2D eigenvalue weighted by molar-refractivity contribution is 0.253. The monoisotopic (exact) mass is 315 g/mol. The van der Waals surface area contributed by atoms with E-state index in [9.17, 15) is 4.79 Å². The van der Waals surface area contributed by atoms with Crippen molar-refractivity contribution in [3.8, 4) is 0 Å². The normalized spacial score (nSPS) is 10.5. The minimum absolute atomic E-state index is 0.0454. The van der Waals surface area contributed by atoms with Gasteiger partial charge in [0.05, 0.1) is 0 Å². The van der Waals surface area contributed by atoms with Gasteiger partial charge in [0.2, 0.25) is 0 Å². The topological polar surface area (TPSA) is 46.3 Å². The Bertz CT molecular complexity index is 733. The van der Waals surface area contributed by atoms with Crippen molar-refractivity contribution >= 4 is 11.7 Å². The molecule has 0 unspecified atom stereocenters. The lowest BCUT2D eigenvalue weighted by atomic mass is 9.90. The molecule has 0 aliphatic heterocycles. The Morgan fingerprint density at radius 2 is 1.38 bits per heavy atom. The van der Waals surface area contributed by atoms with Gasteiger partial charge >= 0.3 is 6.03 Å². The molecular weight excluding hydrogens is 296 g/mol. The predicted octanol–water partition coefficient (Wildman–Crippen LogP) is 4.20. The molecule has 0 aliphatic rings. The second kappa shape index (κ2) is 7.47. The average molecular weight is 315 g/mol. The third-order valence-electron chi connectivity index (χ3n) is 4.05. The van der Waals surface area contributed by atoms with Gasteiger partial charge < -0.3 is 5.73 Å². The average Bonchev–Trinajstić information content (AvgIpc) is 2.64. The van der Waals surface area contributed by atoms with Crippen molar-refractivity contribution in [2.75, 3.05) is 11.4 Å². The summed E-state index contributed by atoms with van der Waals surface area (Å²) in [7, 11) is 0. The van der Waals surface area contributed by atoms with Gasteiger partial charge in [-0.2, -0.15) is 0 Å². The highest BCUT2D eigenvalue weighted by atomic mass is 16.2. The number of carbonyl (C=O) groups is 1. The molecule has 0 saturated carbocycles. The van der Waals surface area contributed by atoms with Crippen LogP contribution in [-0.2, 0) is 0 Å². The maximum atomic E-state index is 12.0. The van der Waals surface area contributed by atoms with E-state index in [2.05, 4.69) is 30.3 Å². The van der Waals surface area contributed by atoms with Crippen molar-refractivity contribution in [3.63, 3.8) is 0 Å². The number of hydrogen-bond donors (Lipinski definition) is 1. The minimum atomic E-state index is -0.460. The molecule has 2 N–H and O–H groups in total. The van der Waals surface area contributed by atoms with Crippen LogP contribution in [0.4, 0.5) is 10.5 Å². The Morgan fingerprint density at radius 3 is 1.83 bits per heavy atom. The Balaban J connectivity index is 1.98. The number of anilines is 1. The van der Waals surface area contributed by atoms with Crippen LogP contribution < -0.4 is 10.6 Å². The molecule has 0 atom stereocenters. The van der Waals surface area contributed by atoms with Crippen LogP contribution in [0, 0.1) is 6.07 Å². The number of hydrogen-bond acceptors (Lipinski definition) is 1. The van der Waals surface area contributed by atoms with Crippen molar-refractivity contribution in [2.45, 2.75) is 5.92 Å². The van der Waals surface area contributed by atoms with E-state index in [1.807, 2.05) is 48.5 Å². The van der Waals surface area contributed by atoms with E-state index in [0.29, 0.717) is 6.54 Å². The molecule has 0 aromatic heterocycles. The van der Waals surface area contributed by atoms with Crippen LogP contribution in [0.5, 0.6) is 0 Å². The van der Waals surface area contributed by atoms with E-state index in [1.165, 1.54) is 0 Å². The van der Waals surface area contributed by atoms with Crippen LogP contribution in [0.3, 0.4) is 0 Å². The third kappa shape index (κ3) is 3.63. The first-order chi connectivity index (χ1) is 11.8. The molecule has 2 amide bonds. The minimum Gasteiger partial charge on any atom is -0.351 e. The Kier molecular flexibility index (Phi) is 4.92. The first-order valence-corrected chi connectivity index (χ1v) is 7.88. The van der Waals surface area contributed by atoms with E-state index >= 15 is 0 Å². The van der Waals surface area contributed by atoms with Crippen molar-refractivity contribution in [3.05, 3.63) is 102 Å². The first-order valence-electron chi connectivity index (χ1n) is 7.88. The molecule has 24 heavy (non-hydrogen) atoms. The number of nitrogens with two attached hydrogens (primary N) is 1. The quantitative estimate of drug-likeness (QED) is 0.753. The van der Waals surface area contributed by atoms with Crippen molar-refractivity contribution < 1.29 is 4.79 Å². The van der Waals surface area contributed by atoms with E-state index in [-0.39, 0.29) is 5.92 Å². The number of carbonyl (C=O) groups excluding carboxylic acids is 1. The summed E-state index contributed by atoms with van der Waals surface area (Å²) in [5.41, 5.74) is 8.73. The summed E-state index contributed by atoms with van der Waals surface area (Å²) in [5.74, 6) is 0.0454. The fraction of sp³-hybridized carbons (Fsp3) is 0.0952. The fourth-order valence-corrected chi connectivity index (χ4v) is 2.84. The summed E-state index contributed by atoms with van der Waals surface area (Å²) in [4.78, 5) is 13.6. The van der Waals surface area contributed by atoms with Crippen molar-refractivity contribution in [2.24, 2.45) is 5.73 Å². The number of nitrogens with zero attached hydrogens (tertiary/aromatic N) is 1. The van der Waals surface area contributed by atoms with Gasteiger partial charge in [0, 0.05) is 18.2 Å². The van der Waals surface area contributed by atoms with E-state index in [0.717, 1.165) is 16.8 Å². The summed E-state index contributed by atoms with van der Waals surface area (Å²) in [6, 6.07) is 30.1. The maximum absolute atomic E-state index is 12.0. The lowest BCUT2D eigenvalue weighted by Gasteiger charge is -2.27. The van der Waals surface area contributed by atoms with Gasteiger partial charge in [0.15, 0.2) is 0 Å². The van der Waals surface area contributed by atoms with Crippen LogP contribution in [0.15, 0.2) is 84.9 Å². The number of rotatable bonds is 5. The number of amides is 2. The zero-order valence-electron chi connectivity index (χ0n) is 13.3. The van der Waals surface area contributed by atoms with Gasteiger partial charge in [0.25, 0.3) is 0 Å². The van der Waals surface area contributed by atoms with E-state index in [1.54, 1.807) is 17.0 Å². The molecule has 3 heteroatoms. The summed E-state index contributed by atoms with van der Waals surface area (Å²) in [6.45, 7) is 0.480. The van der Waals surface area contributed by atoms with Gasteiger partial charge in [-0.1, -0.05) is 72.8 Å². The van der Waals surface area contributed by atoms with Crippen LogP contribution in [0.2, 0.25) is 0 Å². The molecule has 3 aromatic carbocycles. The van der Waals surface area contributed by atoms with Crippen molar-refractivity contribution in [1.29, 1.82) is 0 Å². The molecular formula is C21H19N2O. The molecule has 0 aliphatic carbocycles. The molecule has 0 saturated heterocycles. The number of urea groups is 1. The molecule has 3 nitrogen and oxygen atoms in total. The van der Waals surface area contributed by atoms with Crippen LogP contribution in [-0.4, -0.2) is 12.6 Å². The maximum Gasteiger partial charge on any atom is 0.319 e. The zero-order chi connectivity index (χ0) is 16.8. The molecule has 0 bridgehead atoms. The SMILES string of the molecule is NC(=O)N(CC(c1ccccc1)c1ccccc1)c1cc[c]cc1. The number of primary amides is 1. The zero-order valence-corrected chi connectivity index (χ0v) is 13.3. The molecule has 0 heterocycles. The van der Waals surface area contributed by atoms with Gasteiger partial charge in [-0.3, -0.25) is 4.90 Å². The molecule has 3 rings (SSSR count). The standard InChI is InChI=1S/C21H19N2O/c22-21(24)23(19-14-8-3-9-15-19)16-20(17-10-4-1-5-11-17)18-12-6-2-7-13-18/h1-2,4-15,20H,16H2,(H2,22,24). The van der Waals surface area contributed by atoms with Crippen molar-refractivity contribution in [1.82, 2.24) is 0 Å².